The maximum atomic E-state index is 14.5. The second-order valence-corrected chi connectivity index (χ2v) is 5.72. The molecule has 0 aliphatic rings. The topological polar surface area (TPSA) is 23.8 Å². The maximum absolute atomic E-state index is 14.5. The lowest BCUT2D eigenvalue weighted by Gasteiger charge is -2.11. The van der Waals surface area contributed by atoms with Crippen LogP contribution in [0.15, 0.2) is 42.5 Å². The molecule has 0 bridgehead atoms. The fourth-order valence-corrected chi connectivity index (χ4v) is 2.68. The van der Waals surface area contributed by atoms with Gasteiger partial charge in [0.2, 0.25) is 0 Å². The van der Waals surface area contributed by atoms with Gasteiger partial charge in [0, 0.05) is 5.56 Å². The Morgan fingerprint density at radius 1 is 0.692 bits per heavy atom. The lowest BCUT2D eigenvalue weighted by atomic mass is 9.97. The highest BCUT2D eigenvalue weighted by Gasteiger charge is 2.19. The Balaban J connectivity index is 2.16. The van der Waals surface area contributed by atoms with Crippen LogP contribution in [0.3, 0.4) is 0 Å². The summed E-state index contributed by atoms with van der Waals surface area (Å²) in [5.41, 5.74) is -1.30. The normalized spacial score (nSPS) is 10.7. The Kier molecular flexibility index (Phi) is 4.47. The number of halogens is 5. The molecule has 0 spiro atoms. The van der Waals surface area contributed by atoms with Gasteiger partial charge in [-0.05, 0) is 53.9 Å². The molecule has 6 heteroatoms. The summed E-state index contributed by atoms with van der Waals surface area (Å²) in [5, 5.41) is 8.66. The van der Waals surface area contributed by atoms with Crippen LogP contribution in [-0.2, 0) is 0 Å². The van der Waals surface area contributed by atoms with E-state index in [0.717, 1.165) is 12.1 Å². The summed E-state index contributed by atoms with van der Waals surface area (Å²) in [6.07, 6.45) is 0. The smallest absolute Gasteiger partial charge is 0.144 e. The second-order valence-electron chi connectivity index (χ2n) is 5.72. The Morgan fingerprint density at radius 3 is 1.73 bits per heavy atom. The number of nitriles is 1. The van der Waals surface area contributed by atoms with Crippen molar-refractivity contribution in [2.45, 2.75) is 6.92 Å². The molecule has 0 saturated carbocycles. The van der Waals surface area contributed by atoms with Crippen LogP contribution in [0, 0.1) is 47.3 Å². The summed E-state index contributed by atoms with van der Waals surface area (Å²) >= 11 is 0. The lowest BCUT2D eigenvalue weighted by Crippen LogP contribution is -1.97. The second kappa shape index (κ2) is 6.60. The van der Waals surface area contributed by atoms with E-state index >= 15 is 0 Å². The van der Waals surface area contributed by atoms with E-state index in [0.29, 0.717) is 17.7 Å². The molecule has 0 aromatic heterocycles. The van der Waals surface area contributed by atoms with E-state index in [2.05, 4.69) is 0 Å². The average Bonchev–Trinajstić information content (AvgIpc) is 2.53. The quantitative estimate of drug-likeness (QED) is 0.523. The molecule has 0 aliphatic heterocycles. The molecule has 0 amide bonds. The molecule has 0 atom stereocenters. The Labute approximate surface area is 145 Å². The van der Waals surface area contributed by atoms with Crippen LogP contribution in [0.25, 0.3) is 22.3 Å². The molecule has 3 aromatic rings. The standard InChI is InChI=1S/C20H10F5N/c1-10-2-3-13(15(21)4-10)11-5-18(24)20(19(25)6-11)12-7-16(22)14(9-26)17(23)8-12/h2-8H,1H3. The monoisotopic (exact) mass is 359 g/mol. The zero-order chi connectivity index (χ0) is 19.0. The number of rotatable bonds is 2. The van der Waals surface area contributed by atoms with Crippen molar-refractivity contribution in [3.63, 3.8) is 0 Å². The first-order valence-corrected chi connectivity index (χ1v) is 7.47. The number of benzene rings is 3. The zero-order valence-corrected chi connectivity index (χ0v) is 13.4. The maximum Gasteiger partial charge on any atom is 0.144 e. The zero-order valence-electron chi connectivity index (χ0n) is 13.4. The minimum atomic E-state index is -1.23. The van der Waals surface area contributed by atoms with Gasteiger partial charge >= 0.3 is 0 Å². The summed E-state index contributed by atoms with van der Waals surface area (Å²) in [6.45, 7) is 1.67. The van der Waals surface area contributed by atoms with Gasteiger partial charge in [0.05, 0.1) is 5.56 Å². The minimum absolute atomic E-state index is 0.00265. The van der Waals surface area contributed by atoms with E-state index in [1.807, 2.05) is 0 Å². The molecule has 0 aliphatic carbocycles. The van der Waals surface area contributed by atoms with Crippen molar-refractivity contribution in [1.82, 2.24) is 0 Å². The van der Waals surface area contributed by atoms with E-state index < -0.39 is 45.8 Å². The van der Waals surface area contributed by atoms with Crippen molar-refractivity contribution in [1.29, 1.82) is 5.26 Å². The third kappa shape index (κ3) is 3.04. The van der Waals surface area contributed by atoms with Gasteiger partial charge in [-0.3, -0.25) is 0 Å². The molecule has 3 rings (SSSR count). The first kappa shape index (κ1) is 17.6. The third-order valence-corrected chi connectivity index (χ3v) is 3.92. The molecule has 0 saturated heterocycles. The highest BCUT2D eigenvalue weighted by Crippen LogP contribution is 2.33. The Morgan fingerprint density at radius 2 is 1.23 bits per heavy atom. The average molecular weight is 359 g/mol. The fraction of sp³-hybridized carbons (Fsp3) is 0.0500. The van der Waals surface area contributed by atoms with Crippen molar-refractivity contribution in [2.75, 3.05) is 0 Å². The van der Waals surface area contributed by atoms with Crippen molar-refractivity contribution in [3.8, 4) is 28.3 Å². The van der Waals surface area contributed by atoms with Crippen molar-refractivity contribution < 1.29 is 22.0 Å². The van der Waals surface area contributed by atoms with Gasteiger partial charge in [-0.1, -0.05) is 12.1 Å². The minimum Gasteiger partial charge on any atom is -0.206 e. The van der Waals surface area contributed by atoms with Gasteiger partial charge in [0.15, 0.2) is 0 Å². The first-order valence-electron chi connectivity index (χ1n) is 7.47. The van der Waals surface area contributed by atoms with Crippen molar-refractivity contribution in [2.24, 2.45) is 0 Å². The van der Waals surface area contributed by atoms with Crippen LogP contribution in [0.4, 0.5) is 22.0 Å². The van der Waals surface area contributed by atoms with E-state index in [4.69, 9.17) is 5.26 Å². The molecule has 26 heavy (non-hydrogen) atoms. The fourth-order valence-electron chi connectivity index (χ4n) is 2.68. The number of aryl methyl sites for hydroxylation is 1. The van der Waals surface area contributed by atoms with Gasteiger partial charge in [0.25, 0.3) is 0 Å². The molecule has 0 fully saturated rings. The number of hydrogen-bond acceptors (Lipinski definition) is 1. The van der Waals surface area contributed by atoms with Gasteiger partial charge in [-0.15, -0.1) is 0 Å². The summed E-state index contributed by atoms with van der Waals surface area (Å²) < 4.78 is 70.4. The van der Waals surface area contributed by atoms with Gasteiger partial charge < -0.3 is 0 Å². The molecule has 0 heterocycles. The SMILES string of the molecule is Cc1ccc(-c2cc(F)c(-c3cc(F)c(C#N)c(F)c3)c(F)c2)c(F)c1. The van der Waals surface area contributed by atoms with E-state index in [1.165, 1.54) is 18.2 Å². The van der Waals surface area contributed by atoms with Crippen molar-refractivity contribution in [3.05, 3.63) is 82.7 Å². The molecule has 130 valence electrons. The molecule has 0 unspecified atom stereocenters. The summed E-state index contributed by atoms with van der Waals surface area (Å²) in [4.78, 5) is 0. The summed E-state index contributed by atoms with van der Waals surface area (Å²) in [7, 11) is 0. The largest absolute Gasteiger partial charge is 0.206 e. The Hall–Kier alpha value is -3.20. The van der Waals surface area contributed by atoms with Crippen LogP contribution < -0.4 is 0 Å². The lowest BCUT2D eigenvalue weighted by molar-refractivity contribution is 0.573. The number of hydrogen-bond donors (Lipinski definition) is 0. The molecular weight excluding hydrogens is 349 g/mol. The van der Waals surface area contributed by atoms with Gasteiger partial charge in [-0.2, -0.15) is 5.26 Å². The van der Waals surface area contributed by atoms with E-state index in [9.17, 15) is 22.0 Å². The molecule has 1 nitrogen and oxygen atoms in total. The highest BCUT2D eigenvalue weighted by molar-refractivity contribution is 5.72. The molecule has 0 radical (unpaired) electrons. The van der Waals surface area contributed by atoms with Crippen LogP contribution in [0.1, 0.15) is 11.1 Å². The predicted octanol–water partition coefficient (Wildman–Crippen LogP) is 5.90. The van der Waals surface area contributed by atoms with Crippen LogP contribution >= 0.6 is 0 Å². The van der Waals surface area contributed by atoms with Crippen LogP contribution in [-0.4, -0.2) is 0 Å². The van der Waals surface area contributed by atoms with E-state index in [-0.39, 0.29) is 11.1 Å². The van der Waals surface area contributed by atoms with Gasteiger partial charge in [-0.25, -0.2) is 22.0 Å². The Bertz CT molecular complexity index is 1020. The van der Waals surface area contributed by atoms with Crippen LogP contribution in [0.5, 0.6) is 0 Å². The molecule has 0 N–H and O–H groups in total. The summed E-state index contributed by atoms with van der Waals surface area (Å²) in [6, 6.07) is 8.67. The van der Waals surface area contributed by atoms with Crippen molar-refractivity contribution >= 4 is 0 Å². The molecule has 3 aromatic carbocycles. The number of nitrogens with zero attached hydrogens (tertiary/aromatic N) is 1. The summed E-state index contributed by atoms with van der Waals surface area (Å²) in [5.74, 6) is -5.32. The first-order chi connectivity index (χ1) is 12.3. The predicted molar refractivity (Wildman–Crippen MR) is 86.6 cm³/mol. The van der Waals surface area contributed by atoms with Crippen LogP contribution in [0.2, 0.25) is 0 Å². The van der Waals surface area contributed by atoms with Gasteiger partial charge in [0.1, 0.15) is 40.7 Å². The highest BCUT2D eigenvalue weighted by atomic mass is 19.1. The van der Waals surface area contributed by atoms with E-state index in [1.54, 1.807) is 13.0 Å². The molecular formula is C20H10F5N. The third-order valence-electron chi connectivity index (χ3n) is 3.92.